The lowest BCUT2D eigenvalue weighted by atomic mass is 10.3. The van der Waals surface area contributed by atoms with Gasteiger partial charge in [-0.25, -0.2) is 4.98 Å². The van der Waals surface area contributed by atoms with Crippen LogP contribution in [-0.2, 0) is 17.1 Å². The smallest absolute Gasteiger partial charge is 0.231 e. The van der Waals surface area contributed by atoms with Gasteiger partial charge >= 0.3 is 0 Å². The molecule has 1 N–H and O–H groups in total. The molecule has 0 aliphatic heterocycles. The number of hydrogen-bond donors (Lipinski definition) is 1. The van der Waals surface area contributed by atoms with Crippen LogP contribution in [0.1, 0.15) is 10.7 Å². The standard InChI is InChI=1S/C12H9Cl3N2OS/c13-5-8-6-19-12(17-8)4-11(18)16-7-1-2-9(14)10(15)3-7/h1-3,6H,4-5H2,(H,16,18). The molecule has 0 aliphatic carbocycles. The number of anilines is 1. The first-order chi connectivity index (χ1) is 9.08. The Kier molecular flexibility index (Phi) is 5.05. The molecule has 3 nitrogen and oxygen atoms in total. The van der Waals surface area contributed by atoms with Crippen molar-refractivity contribution < 1.29 is 4.79 Å². The third kappa shape index (κ3) is 4.08. The molecule has 0 atom stereocenters. The van der Waals surface area contributed by atoms with Crippen LogP contribution in [0.3, 0.4) is 0 Å². The molecular formula is C12H9Cl3N2OS. The maximum absolute atomic E-state index is 11.8. The zero-order chi connectivity index (χ0) is 13.8. The quantitative estimate of drug-likeness (QED) is 0.843. The number of hydrogen-bond acceptors (Lipinski definition) is 3. The van der Waals surface area contributed by atoms with Crippen LogP contribution in [0.15, 0.2) is 23.6 Å². The Morgan fingerprint density at radius 2 is 2.11 bits per heavy atom. The molecular weight excluding hydrogens is 327 g/mol. The third-order valence-electron chi connectivity index (χ3n) is 2.25. The largest absolute Gasteiger partial charge is 0.326 e. The van der Waals surface area contributed by atoms with Gasteiger partial charge in [0.05, 0.1) is 28.0 Å². The number of nitrogens with zero attached hydrogens (tertiary/aromatic N) is 1. The summed E-state index contributed by atoms with van der Waals surface area (Å²) in [6.07, 6.45) is 0.210. The van der Waals surface area contributed by atoms with Crippen molar-refractivity contribution in [1.29, 1.82) is 0 Å². The van der Waals surface area contributed by atoms with Gasteiger partial charge in [-0.05, 0) is 18.2 Å². The third-order valence-corrected chi connectivity index (χ3v) is 4.16. The SMILES string of the molecule is O=C(Cc1nc(CCl)cs1)Nc1ccc(Cl)c(Cl)c1. The molecule has 0 saturated carbocycles. The van der Waals surface area contributed by atoms with Crippen molar-refractivity contribution >= 4 is 57.7 Å². The Labute approximate surface area is 129 Å². The van der Waals surface area contributed by atoms with E-state index in [4.69, 9.17) is 34.8 Å². The number of nitrogens with one attached hydrogen (secondary N) is 1. The van der Waals surface area contributed by atoms with Crippen LogP contribution in [0.25, 0.3) is 0 Å². The fourth-order valence-corrected chi connectivity index (χ4v) is 2.73. The molecule has 0 aliphatic rings. The molecule has 2 rings (SSSR count). The van der Waals surface area contributed by atoms with Crippen LogP contribution in [-0.4, -0.2) is 10.9 Å². The van der Waals surface area contributed by atoms with Gasteiger partial charge in [0.25, 0.3) is 0 Å². The minimum absolute atomic E-state index is 0.158. The zero-order valence-electron chi connectivity index (χ0n) is 9.62. The summed E-state index contributed by atoms with van der Waals surface area (Å²) in [5.74, 6) is 0.194. The Bertz CT molecular complexity index is 600. The lowest BCUT2D eigenvalue weighted by molar-refractivity contribution is -0.115. The van der Waals surface area contributed by atoms with Gasteiger partial charge in [0.1, 0.15) is 5.01 Å². The average molecular weight is 336 g/mol. The summed E-state index contributed by atoms with van der Waals surface area (Å²) in [6, 6.07) is 4.93. The lowest BCUT2D eigenvalue weighted by Crippen LogP contribution is -2.14. The number of thiazole rings is 1. The van der Waals surface area contributed by atoms with E-state index in [1.165, 1.54) is 11.3 Å². The molecule has 0 spiro atoms. The van der Waals surface area contributed by atoms with Crippen LogP contribution in [0.5, 0.6) is 0 Å². The maximum Gasteiger partial charge on any atom is 0.231 e. The van der Waals surface area contributed by atoms with Crippen molar-refractivity contribution in [3.63, 3.8) is 0 Å². The summed E-state index contributed by atoms with van der Waals surface area (Å²) in [6.45, 7) is 0. The maximum atomic E-state index is 11.8. The lowest BCUT2D eigenvalue weighted by Gasteiger charge is -2.05. The molecule has 1 amide bonds. The molecule has 0 saturated heterocycles. The van der Waals surface area contributed by atoms with E-state index < -0.39 is 0 Å². The number of carbonyl (C=O) groups is 1. The Balaban J connectivity index is 1.98. The van der Waals surface area contributed by atoms with Gasteiger partial charge in [-0.2, -0.15) is 0 Å². The van der Waals surface area contributed by atoms with Gasteiger partial charge in [-0.3, -0.25) is 4.79 Å². The minimum Gasteiger partial charge on any atom is -0.326 e. The molecule has 0 radical (unpaired) electrons. The monoisotopic (exact) mass is 334 g/mol. The van der Waals surface area contributed by atoms with Crippen molar-refractivity contribution in [2.24, 2.45) is 0 Å². The van der Waals surface area contributed by atoms with Crippen molar-refractivity contribution in [1.82, 2.24) is 4.98 Å². The van der Waals surface area contributed by atoms with E-state index in [-0.39, 0.29) is 12.3 Å². The molecule has 7 heteroatoms. The molecule has 2 aromatic rings. The minimum atomic E-state index is -0.158. The molecule has 1 aromatic carbocycles. The Morgan fingerprint density at radius 3 is 2.74 bits per heavy atom. The molecule has 0 fully saturated rings. The van der Waals surface area contributed by atoms with E-state index in [1.807, 2.05) is 5.38 Å². The predicted molar refractivity (Wildman–Crippen MR) is 80.5 cm³/mol. The highest BCUT2D eigenvalue weighted by molar-refractivity contribution is 7.09. The first-order valence-electron chi connectivity index (χ1n) is 5.32. The fourth-order valence-electron chi connectivity index (χ4n) is 1.41. The number of amides is 1. The van der Waals surface area contributed by atoms with Crippen molar-refractivity contribution in [2.75, 3.05) is 5.32 Å². The number of benzene rings is 1. The van der Waals surface area contributed by atoms with Gasteiger partial charge in [-0.15, -0.1) is 22.9 Å². The summed E-state index contributed by atoms with van der Waals surface area (Å²) in [7, 11) is 0. The second-order valence-electron chi connectivity index (χ2n) is 3.72. The Hall–Kier alpha value is -0.810. The van der Waals surface area contributed by atoms with E-state index in [2.05, 4.69) is 10.3 Å². The second-order valence-corrected chi connectivity index (χ2v) is 5.74. The molecule has 1 aromatic heterocycles. The number of carbonyl (C=O) groups excluding carboxylic acids is 1. The first-order valence-corrected chi connectivity index (χ1v) is 7.49. The van der Waals surface area contributed by atoms with Crippen molar-refractivity contribution in [2.45, 2.75) is 12.3 Å². The predicted octanol–water partition coefficient (Wildman–Crippen LogP) is 4.37. The highest BCUT2D eigenvalue weighted by Crippen LogP contribution is 2.25. The van der Waals surface area contributed by atoms with Gasteiger partial charge in [0.2, 0.25) is 5.91 Å². The van der Waals surface area contributed by atoms with Crippen LogP contribution >= 0.6 is 46.1 Å². The van der Waals surface area contributed by atoms with Gasteiger partial charge in [0.15, 0.2) is 0 Å². The highest BCUT2D eigenvalue weighted by Gasteiger charge is 2.09. The summed E-state index contributed by atoms with van der Waals surface area (Å²) in [4.78, 5) is 16.0. The van der Waals surface area contributed by atoms with Crippen molar-refractivity contribution in [3.05, 3.63) is 44.3 Å². The summed E-state index contributed by atoms with van der Waals surface area (Å²) in [5.41, 5.74) is 1.39. The van der Waals surface area contributed by atoms with E-state index in [0.29, 0.717) is 21.6 Å². The van der Waals surface area contributed by atoms with Crippen LogP contribution in [0, 0.1) is 0 Å². The Morgan fingerprint density at radius 1 is 1.32 bits per heavy atom. The van der Waals surface area contributed by atoms with E-state index >= 15 is 0 Å². The average Bonchev–Trinajstić information content (AvgIpc) is 2.81. The van der Waals surface area contributed by atoms with E-state index in [0.717, 1.165) is 10.7 Å². The molecule has 0 unspecified atom stereocenters. The van der Waals surface area contributed by atoms with Crippen LogP contribution < -0.4 is 5.32 Å². The van der Waals surface area contributed by atoms with Gasteiger partial charge in [0, 0.05) is 11.1 Å². The van der Waals surface area contributed by atoms with Gasteiger partial charge < -0.3 is 5.32 Å². The van der Waals surface area contributed by atoms with Crippen LogP contribution in [0.4, 0.5) is 5.69 Å². The fraction of sp³-hybridized carbons (Fsp3) is 0.167. The summed E-state index contributed by atoms with van der Waals surface area (Å²) >= 11 is 18.7. The zero-order valence-corrected chi connectivity index (χ0v) is 12.7. The van der Waals surface area contributed by atoms with Crippen molar-refractivity contribution in [3.8, 4) is 0 Å². The van der Waals surface area contributed by atoms with Gasteiger partial charge in [-0.1, -0.05) is 23.2 Å². The molecule has 19 heavy (non-hydrogen) atoms. The molecule has 1 heterocycles. The molecule has 100 valence electrons. The van der Waals surface area contributed by atoms with Crippen LogP contribution in [0.2, 0.25) is 10.0 Å². The van der Waals surface area contributed by atoms with E-state index in [1.54, 1.807) is 18.2 Å². The van der Waals surface area contributed by atoms with E-state index in [9.17, 15) is 4.79 Å². The normalized spacial score (nSPS) is 10.5. The summed E-state index contributed by atoms with van der Waals surface area (Å²) < 4.78 is 0. The first kappa shape index (κ1) is 14.6. The highest BCUT2D eigenvalue weighted by atomic mass is 35.5. The second kappa shape index (κ2) is 6.57. The number of aromatic nitrogens is 1. The topological polar surface area (TPSA) is 42.0 Å². The number of rotatable bonds is 4. The summed E-state index contributed by atoms with van der Waals surface area (Å²) in [5, 5.41) is 6.16. The number of alkyl halides is 1. The molecule has 0 bridgehead atoms. The number of halogens is 3.